The van der Waals surface area contributed by atoms with Crippen LogP contribution in [0.15, 0.2) is 54.6 Å². The molecule has 1 amide bonds. The van der Waals surface area contributed by atoms with E-state index in [2.05, 4.69) is 45.5 Å². The fourth-order valence-electron chi connectivity index (χ4n) is 4.58. The second-order valence-electron chi connectivity index (χ2n) is 8.09. The highest BCUT2D eigenvalue weighted by Crippen LogP contribution is 2.25. The van der Waals surface area contributed by atoms with Gasteiger partial charge in [0, 0.05) is 45.3 Å². The average Bonchev–Trinajstić information content (AvgIpc) is 3.28. The van der Waals surface area contributed by atoms with Gasteiger partial charge in [0.2, 0.25) is 5.91 Å². The molecule has 2 atom stereocenters. The number of nitrogens with one attached hydrogen (secondary N) is 1. The fraction of sp³-hybridized carbons (Fsp3) is 0.462. The van der Waals surface area contributed by atoms with Gasteiger partial charge in [0.05, 0.1) is 17.3 Å². The number of para-hydroxylation sites is 1. The highest BCUT2D eigenvalue weighted by molar-refractivity contribution is 5.82. The van der Waals surface area contributed by atoms with Gasteiger partial charge < -0.3 is 15.1 Å². The zero-order valence-electron chi connectivity index (χ0n) is 19.5. The van der Waals surface area contributed by atoms with Crippen molar-refractivity contribution in [3.63, 3.8) is 0 Å². The minimum atomic E-state index is -0.0828. The molecule has 32 heavy (non-hydrogen) atoms. The first-order valence-corrected chi connectivity index (χ1v) is 11.7. The Kier molecular flexibility index (Phi) is 8.66. The van der Waals surface area contributed by atoms with Crippen LogP contribution in [0, 0.1) is 11.3 Å². The normalized spacial score (nSPS) is 20.9. The van der Waals surface area contributed by atoms with Gasteiger partial charge in [0.15, 0.2) is 0 Å². The van der Waals surface area contributed by atoms with Gasteiger partial charge in [-0.3, -0.25) is 9.69 Å². The van der Waals surface area contributed by atoms with Crippen molar-refractivity contribution in [3.05, 3.63) is 65.7 Å². The third kappa shape index (κ3) is 5.48. The van der Waals surface area contributed by atoms with E-state index in [0.717, 1.165) is 38.3 Å². The Morgan fingerprint density at radius 3 is 2.34 bits per heavy atom. The summed E-state index contributed by atoms with van der Waals surface area (Å²) in [6.07, 6.45) is 0.847. The van der Waals surface area contributed by atoms with Crippen LogP contribution in [0.25, 0.3) is 0 Å². The molecule has 170 valence electrons. The summed E-state index contributed by atoms with van der Waals surface area (Å²) >= 11 is 0. The van der Waals surface area contributed by atoms with E-state index in [0.29, 0.717) is 24.7 Å². The Bertz CT molecular complexity index is 902. The predicted molar refractivity (Wildman–Crippen MR) is 129 cm³/mol. The van der Waals surface area contributed by atoms with Crippen molar-refractivity contribution < 1.29 is 4.79 Å². The van der Waals surface area contributed by atoms with Gasteiger partial charge >= 0.3 is 0 Å². The lowest BCUT2D eigenvalue weighted by Gasteiger charge is -2.38. The number of nitrogens with zero attached hydrogens (tertiary/aromatic N) is 4. The zero-order valence-corrected chi connectivity index (χ0v) is 19.5. The maximum atomic E-state index is 13.4. The molecule has 0 radical (unpaired) electrons. The second-order valence-corrected chi connectivity index (χ2v) is 8.09. The number of piperazine rings is 1. The molecule has 0 aliphatic carbocycles. The molecular weight excluding hydrogens is 398 g/mol. The van der Waals surface area contributed by atoms with Crippen molar-refractivity contribution in [2.75, 3.05) is 44.7 Å². The third-order valence-electron chi connectivity index (χ3n) is 6.28. The summed E-state index contributed by atoms with van der Waals surface area (Å²) in [6.45, 7) is 8.58. The SMILES string of the molecule is CC.CN[C@H]1C[C@@H](C(=O)N2CCN(c3ccccc3C#N)CC2)N(Cc2ccccc2)C1. The van der Waals surface area contributed by atoms with E-state index in [1.54, 1.807) is 0 Å². The molecule has 2 fully saturated rings. The van der Waals surface area contributed by atoms with Crippen molar-refractivity contribution in [3.8, 4) is 6.07 Å². The molecule has 6 heteroatoms. The molecule has 2 aliphatic rings. The van der Waals surface area contributed by atoms with E-state index in [4.69, 9.17) is 0 Å². The van der Waals surface area contributed by atoms with Gasteiger partial charge in [0.1, 0.15) is 6.07 Å². The summed E-state index contributed by atoms with van der Waals surface area (Å²) in [5.41, 5.74) is 2.90. The van der Waals surface area contributed by atoms with E-state index >= 15 is 0 Å². The van der Waals surface area contributed by atoms with E-state index < -0.39 is 0 Å². The van der Waals surface area contributed by atoms with Crippen LogP contribution in [-0.4, -0.2) is 67.6 Å². The first-order chi connectivity index (χ1) is 15.7. The zero-order chi connectivity index (χ0) is 22.9. The van der Waals surface area contributed by atoms with Crippen LogP contribution in [-0.2, 0) is 11.3 Å². The summed E-state index contributed by atoms with van der Waals surface area (Å²) in [4.78, 5) is 20.0. The average molecular weight is 434 g/mol. The van der Waals surface area contributed by atoms with Gasteiger partial charge in [0.25, 0.3) is 0 Å². The molecule has 2 aliphatic heterocycles. The lowest BCUT2D eigenvalue weighted by molar-refractivity contribution is -0.136. The third-order valence-corrected chi connectivity index (χ3v) is 6.28. The molecule has 2 heterocycles. The van der Waals surface area contributed by atoms with Crippen molar-refractivity contribution in [1.82, 2.24) is 15.1 Å². The summed E-state index contributed by atoms with van der Waals surface area (Å²) in [7, 11) is 1.98. The number of benzene rings is 2. The van der Waals surface area contributed by atoms with Crippen LogP contribution in [0.4, 0.5) is 5.69 Å². The Morgan fingerprint density at radius 2 is 1.69 bits per heavy atom. The number of likely N-dealkylation sites (N-methyl/N-ethyl adjacent to an activating group) is 1. The summed E-state index contributed by atoms with van der Waals surface area (Å²) < 4.78 is 0. The molecule has 0 spiro atoms. The van der Waals surface area contributed by atoms with Gasteiger partial charge in [-0.2, -0.15) is 5.26 Å². The molecule has 0 aromatic heterocycles. The number of hydrogen-bond donors (Lipinski definition) is 1. The highest BCUT2D eigenvalue weighted by Gasteiger charge is 2.38. The van der Waals surface area contributed by atoms with Crippen LogP contribution in [0.2, 0.25) is 0 Å². The maximum Gasteiger partial charge on any atom is 0.240 e. The fourth-order valence-corrected chi connectivity index (χ4v) is 4.58. The topological polar surface area (TPSA) is 62.6 Å². The smallest absolute Gasteiger partial charge is 0.240 e. The molecule has 1 N–H and O–H groups in total. The van der Waals surface area contributed by atoms with Gasteiger partial charge in [-0.25, -0.2) is 0 Å². The van der Waals surface area contributed by atoms with E-state index in [-0.39, 0.29) is 11.9 Å². The Morgan fingerprint density at radius 1 is 1.03 bits per heavy atom. The molecule has 0 saturated carbocycles. The van der Waals surface area contributed by atoms with Crippen molar-refractivity contribution in [2.24, 2.45) is 0 Å². The lowest BCUT2D eigenvalue weighted by Crippen LogP contribution is -2.53. The highest BCUT2D eigenvalue weighted by atomic mass is 16.2. The van der Waals surface area contributed by atoms with Crippen LogP contribution >= 0.6 is 0 Å². The largest absolute Gasteiger partial charge is 0.367 e. The van der Waals surface area contributed by atoms with Gasteiger partial charge in [-0.15, -0.1) is 0 Å². The predicted octanol–water partition coefficient (Wildman–Crippen LogP) is 3.10. The first-order valence-electron chi connectivity index (χ1n) is 11.7. The van der Waals surface area contributed by atoms with Crippen molar-refractivity contribution >= 4 is 11.6 Å². The van der Waals surface area contributed by atoms with Crippen LogP contribution < -0.4 is 10.2 Å². The summed E-state index contributed by atoms with van der Waals surface area (Å²) in [6, 6.07) is 20.6. The molecular formula is C26H35N5O. The number of amides is 1. The van der Waals surface area contributed by atoms with Gasteiger partial charge in [-0.05, 0) is 31.2 Å². The Hall–Kier alpha value is -2.88. The lowest BCUT2D eigenvalue weighted by atomic mass is 10.1. The number of hydrogen-bond acceptors (Lipinski definition) is 5. The van der Waals surface area contributed by atoms with E-state index in [1.165, 1.54) is 5.56 Å². The minimum Gasteiger partial charge on any atom is -0.367 e. The molecule has 4 rings (SSSR count). The first kappa shape index (κ1) is 23.8. The molecule has 6 nitrogen and oxygen atoms in total. The summed E-state index contributed by atoms with van der Waals surface area (Å²) in [5, 5.41) is 12.7. The molecule has 0 bridgehead atoms. The number of rotatable bonds is 5. The van der Waals surface area contributed by atoms with Crippen molar-refractivity contribution in [1.29, 1.82) is 5.26 Å². The van der Waals surface area contributed by atoms with Crippen LogP contribution in [0.5, 0.6) is 0 Å². The van der Waals surface area contributed by atoms with Crippen LogP contribution in [0.1, 0.15) is 31.4 Å². The molecule has 2 saturated heterocycles. The molecule has 2 aromatic rings. The second kappa shape index (κ2) is 11.7. The van der Waals surface area contributed by atoms with E-state index in [1.807, 2.05) is 56.1 Å². The Balaban J connectivity index is 0.00000141. The number of nitriles is 1. The monoisotopic (exact) mass is 433 g/mol. The number of likely N-dealkylation sites (tertiary alicyclic amines) is 1. The van der Waals surface area contributed by atoms with E-state index in [9.17, 15) is 10.1 Å². The standard InChI is InChI=1S/C24H29N5O.C2H6/c1-26-21-15-23(29(18-21)17-19-7-3-2-4-8-19)24(30)28-13-11-27(12-14-28)22-10-6-5-9-20(22)16-25;1-2/h2-10,21,23,26H,11-15,17-18H2,1H3;1-2H3/t21-,23-;/m0./s1. The Labute approximate surface area is 192 Å². The maximum absolute atomic E-state index is 13.4. The summed E-state index contributed by atoms with van der Waals surface area (Å²) in [5.74, 6) is 0.233. The molecule has 0 unspecified atom stereocenters. The quantitative estimate of drug-likeness (QED) is 0.785. The van der Waals surface area contributed by atoms with Crippen molar-refractivity contribution in [2.45, 2.75) is 38.9 Å². The number of carbonyl (C=O) groups is 1. The molecule has 2 aromatic carbocycles. The van der Waals surface area contributed by atoms with Gasteiger partial charge in [-0.1, -0.05) is 56.3 Å². The minimum absolute atomic E-state index is 0.0828. The number of anilines is 1. The van der Waals surface area contributed by atoms with Crippen LogP contribution in [0.3, 0.4) is 0 Å². The number of carbonyl (C=O) groups excluding carboxylic acids is 1.